The number of aliphatic carboxylic acids is 1. The maximum Gasteiger partial charge on any atom is 0.309 e. The largest absolute Gasteiger partial charge is 0.481 e. The highest BCUT2D eigenvalue weighted by Gasteiger charge is 2.61. The van der Waals surface area contributed by atoms with Crippen LogP contribution in [0.3, 0.4) is 0 Å². The molecule has 0 unspecified atom stereocenters. The molecule has 0 atom stereocenters. The number of carbonyl (C=O) groups excluding carboxylic acids is 1. The molecule has 0 aromatic rings. The number of amides is 1. The van der Waals surface area contributed by atoms with Crippen molar-refractivity contribution in [2.24, 2.45) is 5.41 Å². The minimum absolute atomic E-state index is 0.198. The summed E-state index contributed by atoms with van der Waals surface area (Å²) in [5, 5.41) is 12.0. The summed E-state index contributed by atoms with van der Waals surface area (Å²) in [7, 11) is 0. The monoisotopic (exact) mass is 209 g/mol. The van der Waals surface area contributed by atoms with E-state index >= 15 is 0 Å². The zero-order valence-corrected chi connectivity index (χ0v) is 8.58. The molecule has 0 aliphatic heterocycles. The van der Waals surface area contributed by atoms with Crippen LogP contribution in [-0.2, 0) is 9.59 Å². The first-order valence-corrected chi connectivity index (χ1v) is 5.20. The molecular weight excluding hydrogens is 194 g/mol. The van der Waals surface area contributed by atoms with Crippen LogP contribution in [0.25, 0.3) is 0 Å². The van der Waals surface area contributed by atoms with Gasteiger partial charge < -0.3 is 10.4 Å². The summed E-state index contributed by atoms with van der Waals surface area (Å²) in [6, 6.07) is 0. The van der Waals surface area contributed by atoms with Crippen molar-refractivity contribution in [2.75, 3.05) is 0 Å². The average molecular weight is 209 g/mol. The average Bonchev–Trinajstić information content (AvgIpc) is 2.16. The molecule has 0 saturated heterocycles. The number of rotatable bonds is 3. The summed E-state index contributed by atoms with van der Waals surface area (Å²) < 4.78 is 0. The van der Waals surface area contributed by atoms with Gasteiger partial charge in [0, 0.05) is 5.54 Å². The van der Waals surface area contributed by atoms with Crippen molar-refractivity contribution in [3.63, 3.8) is 0 Å². The summed E-state index contributed by atoms with van der Waals surface area (Å²) in [4.78, 5) is 22.3. The summed E-state index contributed by atoms with van der Waals surface area (Å²) >= 11 is 0. The predicted octanol–water partition coefficient (Wildman–Crippen LogP) is 1.08. The van der Waals surface area contributed by atoms with Crippen molar-refractivity contribution in [2.45, 2.75) is 37.6 Å². The van der Waals surface area contributed by atoms with Gasteiger partial charge in [-0.1, -0.05) is 6.58 Å². The summed E-state index contributed by atoms with van der Waals surface area (Å²) in [5.41, 5.74) is -0.825. The maximum absolute atomic E-state index is 11.2. The molecule has 4 nitrogen and oxygen atoms in total. The molecule has 0 heterocycles. The van der Waals surface area contributed by atoms with Gasteiger partial charge in [0.05, 0.1) is 5.41 Å². The molecule has 1 amide bonds. The Bertz CT molecular complexity index is 329. The number of nitrogens with one attached hydrogen (secondary N) is 1. The molecule has 3 rings (SSSR count). The lowest BCUT2D eigenvalue weighted by atomic mass is 9.50. The smallest absolute Gasteiger partial charge is 0.309 e. The highest BCUT2D eigenvalue weighted by atomic mass is 16.4. The normalized spacial score (nSPS) is 37.6. The van der Waals surface area contributed by atoms with Crippen LogP contribution in [0.4, 0.5) is 0 Å². The number of carbonyl (C=O) groups is 2. The maximum atomic E-state index is 11.2. The van der Waals surface area contributed by atoms with Gasteiger partial charge in [-0.3, -0.25) is 9.59 Å². The minimum atomic E-state index is -0.717. The van der Waals surface area contributed by atoms with E-state index in [4.69, 9.17) is 5.11 Å². The van der Waals surface area contributed by atoms with E-state index in [2.05, 4.69) is 11.9 Å². The minimum Gasteiger partial charge on any atom is -0.481 e. The van der Waals surface area contributed by atoms with Crippen molar-refractivity contribution in [3.8, 4) is 0 Å². The highest BCUT2D eigenvalue weighted by molar-refractivity contribution is 5.88. The van der Waals surface area contributed by atoms with Crippen LogP contribution < -0.4 is 5.32 Å². The van der Waals surface area contributed by atoms with Gasteiger partial charge in [0.1, 0.15) is 0 Å². The number of carboxylic acid groups (broad SMARTS) is 1. The van der Waals surface area contributed by atoms with E-state index in [0.29, 0.717) is 12.8 Å². The van der Waals surface area contributed by atoms with Crippen LogP contribution in [0.5, 0.6) is 0 Å². The molecule has 15 heavy (non-hydrogen) atoms. The molecule has 3 saturated carbocycles. The standard InChI is InChI=1S/C11H15NO3/c1-2-8(13)12-11-5-3-4-10(6-11,7-11)9(14)15/h2H,1,3-7H2,(H,12,13)(H,14,15). The molecule has 4 heteroatoms. The van der Waals surface area contributed by atoms with Gasteiger partial charge in [-0.15, -0.1) is 0 Å². The highest BCUT2D eigenvalue weighted by Crippen LogP contribution is 2.58. The first-order valence-electron chi connectivity index (χ1n) is 5.20. The second-order valence-electron chi connectivity index (χ2n) is 4.77. The zero-order valence-electron chi connectivity index (χ0n) is 8.58. The third-order valence-electron chi connectivity index (χ3n) is 3.69. The van der Waals surface area contributed by atoms with E-state index in [-0.39, 0.29) is 11.4 Å². The molecule has 0 aromatic carbocycles. The van der Waals surface area contributed by atoms with Crippen LogP contribution in [-0.4, -0.2) is 22.5 Å². The Morgan fingerprint density at radius 1 is 1.33 bits per heavy atom. The Morgan fingerprint density at radius 3 is 2.53 bits per heavy atom. The number of hydrogen-bond donors (Lipinski definition) is 2. The van der Waals surface area contributed by atoms with Crippen LogP contribution in [0.15, 0.2) is 12.7 Å². The fourth-order valence-electron chi connectivity index (χ4n) is 3.08. The first kappa shape index (κ1) is 10.2. The van der Waals surface area contributed by atoms with Crippen LogP contribution >= 0.6 is 0 Å². The second-order valence-corrected chi connectivity index (χ2v) is 4.77. The van der Waals surface area contributed by atoms with E-state index in [1.54, 1.807) is 0 Å². The Morgan fingerprint density at radius 2 is 2.00 bits per heavy atom. The van der Waals surface area contributed by atoms with Crippen molar-refractivity contribution < 1.29 is 14.7 Å². The van der Waals surface area contributed by atoms with E-state index in [1.807, 2.05) is 0 Å². The fourth-order valence-corrected chi connectivity index (χ4v) is 3.08. The van der Waals surface area contributed by atoms with Gasteiger partial charge in [-0.2, -0.15) is 0 Å². The van der Waals surface area contributed by atoms with Gasteiger partial charge in [-0.25, -0.2) is 0 Å². The Labute approximate surface area is 88.4 Å². The molecule has 0 aromatic heterocycles. The van der Waals surface area contributed by atoms with Crippen molar-refractivity contribution in [3.05, 3.63) is 12.7 Å². The number of fused-ring (bicyclic) bond motifs is 2. The summed E-state index contributed by atoms with van der Waals surface area (Å²) in [5.74, 6) is -0.915. The lowest BCUT2D eigenvalue weighted by molar-refractivity contribution is -0.169. The van der Waals surface area contributed by atoms with Crippen LogP contribution in [0.1, 0.15) is 32.1 Å². The van der Waals surface area contributed by atoms with Crippen LogP contribution in [0.2, 0.25) is 0 Å². The molecule has 2 N–H and O–H groups in total. The molecule has 0 spiro atoms. The van der Waals surface area contributed by atoms with Crippen molar-refractivity contribution >= 4 is 11.9 Å². The predicted molar refractivity (Wildman–Crippen MR) is 54.2 cm³/mol. The van der Waals surface area contributed by atoms with Crippen molar-refractivity contribution in [1.82, 2.24) is 5.32 Å². The molecule has 2 bridgehead atoms. The third kappa shape index (κ3) is 1.44. The van der Waals surface area contributed by atoms with Gasteiger partial charge >= 0.3 is 5.97 Å². The topological polar surface area (TPSA) is 66.4 Å². The first-order chi connectivity index (χ1) is 7.02. The lowest BCUT2D eigenvalue weighted by Crippen LogP contribution is -2.66. The van der Waals surface area contributed by atoms with E-state index < -0.39 is 11.4 Å². The van der Waals surface area contributed by atoms with Gasteiger partial charge in [0.25, 0.3) is 0 Å². The van der Waals surface area contributed by atoms with E-state index in [0.717, 1.165) is 19.3 Å². The Hall–Kier alpha value is -1.32. The van der Waals surface area contributed by atoms with Crippen LogP contribution in [0, 0.1) is 5.41 Å². The lowest BCUT2D eigenvalue weighted by Gasteiger charge is -2.58. The fraction of sp³-hybridized carbons (Fsp3) is 0.636. The summed E-state index contributed by atoms with van der Waals surface area (Å²) in [6.45, 7) is 3.40. The Balaban J connectivity index is 2.07. The van der Waals surface area contributed by atoms with Gasteiger partial charge in [0.15, 0.2) is 0 Å². The summed E-state index contributed by atoms with van der Waals surface area (Å²) in [6.07, 6.45) is 4.91. The molecule has 0 radical (unpaired) electrons. The van der Waals surface area contributed by atoms with Gasteiger partial charge in [0.2, 0.25) is 5.91 Å². The molecule has 82 valence electrons. The number of carboxylic acids is 1. The number of hydrogen-bond acceptors (Lipinski definition) is 2. The van der Waals surface area contributed by atoms with Gasteiger partial charge in [-0.05, 0) is 38.2 Å². The Kier molecular flexibility index (Phi) is 2.10. The van der Waals surface area contributed by atoms with E-state index in [1.165, 1.54) is 6.08 Å². The quantitative estimate of drug-likeness (QED) is 0.683. The SMILES string of the molecule is C=CC(=O)NC12CCCC(C(=O)O)(C1)C2. The van der Waals surface area contributed by atoms with Crippen molar-refractivity contribution in [1.29, 1.82) is 0 Å². The molecule has 3 aliphatic carbocycles. The molecule has 3 fully saturated rings. The second kappa shape index (κ2) is 3.08. The molecule has 3 aliphatic rings. The third-order valence-corrected chi connectivity index (χ3v) is 3.69. The molecular formula is C11H15NO3. The zero-order chi connectivity index (χ0) is 11.1. The van der Waals surface area contributed by atoms with E-state index in [9.17, 15) is 9.59 Å².